The molecule has 0 unspecified atom stereocenters. The molecule has 1 N–H and O–H groups in total. The number of hydrogen-bond donors (Lipinski definition) is 1. The molecule has 0 aromatic carbocycles. The molecule has 104 valence electrons. The quantitative estimate of drug-likeness (QED) is 0.697. The van der Waals surface area contributed by atoms with Gasteiger partial charge in [-0.2, -0.15) is 0 Å². The third-order valence-electron chi connectivity index (χ3n) is 3.14. The highest BCUT2D eigenvalue weighted by Gasteiger charge is 2.41. The molecule has 1 fully saturated rings. The molecule has 1 aliphatic heterocycles. The number of amides is 1. The maximum Gasteiger partial charge on any atom is 0.329 e. The maximum absolute atomic E-state index is 11.8. The van der Waals surface area contributed by atoms with Gasteiger partial charge in [-0.3, -0.25) is 9.69 Å². The first-order valence-electron chi connectivity index (χ1n) is 6.26. The van der Waals surface area contributed by atoms with Crippen molar-refractivity contribution in [1.29, 1.82) is 0 Å². The second-order valence-corrected chi connectivity index (χ2v) is 4.84. The lowest BCUT2D eigenvalue weighted by molar-refractivity contribution is -0.167. The van der Waals surface area contributed by atoms with Crippen molar-refractivity contribution in [3.8, 4) is 0 Å². The average molecular weight is 258 g/mol. The summed E-state index contributed by atoms with van der Waals surface area (Å²) in [6, 6.07) is 0. The summed E-state index contributed by atoms with van der Waals surface area (Å²) in [6.07, 6.45) is 0. The topological polar surface area (TPSA) is 70.1 Å². The molecule has 0 aromatic heterocycles. The zero-order chi connectivity index (χ0) is 13.8. The predicted molar refractivity (Wildman–Crippen MR) is 66.4 cm³/mol. The van der Waals surface area contributed by atoms with E-state index in [0.717, 1.165) is 13.1 Å². The van der Waals surface area contributed by atoms with E-state index in [0.29, 0.717) is 19.6 Å². The monoisotopic (exact) mass is 258 g/mol. The highest BCUT2D eigenvalue weighted by Crippen LogP contribution is 2.24. The third-order valence-corrected chi connectivity index (χ3v) is 3.14. The first-order chi connectivity index (χ1) is 8.40. The molecule has 1 aliphatic rings. The SMILES string of the molecule is CCN(CC)C(=O)CN1CC(C)(OCC(=O)O)C1. The molecule has 6 heteroatoms. The zero-order valence-electron chi connectivity index (χ0n) is 11.3. The van der Waals surface area contributed by atoms with Crippen LogP contribution in [0, 0.1) is 0 Å². The van der Waals surface area contributed by atoms with Crippen LogP contribution in [0.4, 0.5) is 0 Å². The van der Waals surface area contributed by atoms with E-state index in [1.165, 1.54) is 0 Å². The molecule has 1 heterocycles. The predicted octanol–water partition coefficient (Wildman–Crippen LogP) is 0.0303. The standard InChI is InChI=1S/C12H22N2O4/c1-4-14(5-2)10(15)6-13-8-12(3,9-13)18-7-11(16)17/h4-9H2,1-3H3,(H,16,17). The van der Waals surface area contributed by atoms with Gasteiger partial charge in [0.2, 0.25) is 5.91 Å². The second-order valence-electron chi connectivity index (χ2n) is 4.84. The van der Waals surface area contributed by atoms with Crippen molar-refractivity contribution in [2.75, 3.05) is 39.3 Å². The summed E-state index contributed by atoms with van der Waals surface area (Å²) < 4.78 is 5.29. The molecule has 0 radical (unpaired) electrons. The normalized spacial score (nSPS) is 18.2. The van der Waals surface area contributed by atoms with Crippen molar-refractivity contribution in [3.05, 3.63) is 0 Å². The molecule has 0 atom stereocenters. The van der Waals surface area contributed by atoms with Crippen LogP contribution in [0.25, 0.3) is 0 Å². The number of likely N-dealkylation sites (N-methyl/N-ethyl adjacent to an activating group) is 1. The van der Waals surface area contributed by atoms with Crippen LogP contribution in [-0.4, -0.2) is 71.7 Å². The molecule has 0 aromatic rings. The Labute approximate surface area is 107 Å². The Morgan fingerprint density at radius 3 is 2.33 bits per heavy atom. The van der Waals surface area contributed by atoms with Crippen molar-refractivity contribution in [2.24, 2.45) is 0 Å². The molecule has 0 bridgehead atoms. The summed E-state index contributed by atoms with van der Waals surface area (Å²) in [5.74, 6) is -0.853. The van der Waals surface area contributed by atoms with Gasteiger partial charge in [-0.1, -0.05) is 0 Å². The first-order valence-corrected chi connectivity index (χ1v) is 6.26. The van der Waals surface area contributed by atoms with Gasteiger partial charge < -0.3 is 14.7 Å². The van der Waals surface area contributed by atoms with Gasteiger partial charge in [0.05, 0.1) is 12.1 Å². The molecule has 1 saturated heterocycles. The van der Waals surface area contributed by atoms with E-state index < -0.39 is 11.6 Å². The largest absolute Gasteiger partial charge is 0.480 e. The van der Waals surface area contributed by atoms with Crippen LogP contribution in [0.3, 0.4) is 0 Å². The van der Waals surface area contributed by atoms with Crippen LogP contribution in [0.15, 0.2) is 0 Å². The number of carboxylic acid groups (broad SMARTS) is 1. The number of carboxylic acids is 1. The second kappa shape index (κ2) is 6.15. The minimum absolute atomic E-state index is 0.111. The van der Waals surface area contributed by atoms with E-state index in [1.807, 2.05) is 25.7 Å². The van der Waals surface area contributed by atoms with E-state index in [9.17, 15) is 9.59 Å². The van der Waals surface area contributed by atoms with E-state index in [4.69, 9.17) is 9.84 Å². The Morgan fingerprint density at radius 1 is 1.33 bits per heavy atom. The van der Waals surface area contributed by atoms with E-state index in [1.54, 1.807) is 4.90 Å². The molecular formula is C12H22N2O4. The number of hydrogen-bond acceptors (Lipinski definition) is 4. The first kappa shape index (κ1) is 14.9. The third kappa shape index (κ3) is 3.96. The number of rotatable bonds is 7. The molecule has 0 aliphatic carbocycles. The Morgan fingerprint density at radius 2 is 1.89 bits per heavy atom. The van der Waals surface area contributed by atoms with Crippen LogP contribution < -0.4 is 0 Å². The van der Waals surface area contributed by atoms with Gasteiger partial charge in [0.1, 0.15) is 6.61 Å². The van der Waals surface area contributed by atoms with Crippen LogP contribution in [0.2, 0.25) is 0 Å². The highest BCUT2D eigenvalue weighted by atomic mass is 16.5. The number of nitrogens with zero attached hydrogens (tertiary/aromatic N) is 2. The van der Waals surface area contributed by atoms with E-state index in [-0.39, 0.29) is 12.5 Å². The summed E-state index contributed by atoms with van der Waals surface area (Å²) in [5, 5.41) is 8.54. The van der Waals surface area contributed by atoms with Crippen LogP contribution in [0.1, 0.15) is 20.8 Å². The summed E-state index contributed by atoms with van der Waals surface area (Å²) in [7, 11) is 0. The number of aliphatic carboxylic acids is 1. The highest BCUT2D eigenvalue weighted by molar-refractivity contribution is 5.78. The minimum atomic E-state index is -0.964. The van der Waals surface area contributed by atoms with Gasteiger partial charge >= 0.3 is 5.97 Å². The summed E-state index contributed by atoms with van der Waals surface area (Å²) in [5.41, 5.74) is -0.429. The Balaban J connectivity index is 2.29. The lowest BCUT2D eigenvalue weighted by atomic mass is 9.96. The molecule has 0 saturated carbocycles. The number of likely N-dealkylation sites (tertiary alicyclic amines) is 1. The Hall–Kier alpha value is -1.14. The molecule has 1 rings (SSSR count). The minimum Gasteiger partial charge on any atom is -0.480 e. The van der Waals surface area contributed by atoms with Crippen molar-refractivity contribution >= 4 is 11.9 Å². The summed E-state index contributed by atoms with van der Waals surface area (Å²) in [6.45, 7) is 8.53. The van der Waals surface area contributed by atoms with Gasteiger partial charge in [-0.05, 0) is 20.8 Å². The van der Waals surface area contributed by atoms with Crippen LogP contribution in [0.5, 0.6) is 0 Å². The van der Waals surface area contributed by atoms with Crippen LogP contribution in [-0.2, 0) is 14.3 Å². The van der Waals surface area contributed by atoms with Crippen molar-refractivity contribution < 1.29 is 19.4 Å². The van der Waals surface area contributed by atoms with Crippen LogP contribution >= 0.6 is 0 Å². The zero-order valence-corrected chi connectivity index (χ0v) is 11.3. The van der Waals surface area contributed by atoms with Gasteiger partial charge in [-0.25, -0.2) is 4.79 Å². The number of carbonyl (C=O) groups is 2. The molecule has 1 amide bonds. The van der Waals surface area contributed by atoms with Gasteiger partial charge in [0.25, 0.3) is 0 Å². The number of carbonyl (C=O) groups excluding carboxylic acids is 1. The van der Waals surface area contributed by atoms with Gasteiger partial charge in [-0.15, -0.1) is 0 Å². The lowest BCUT2D eigenvalue weighted by Gasteiger charge is -2.47. The summed E-state index contributed by atoms with van der Waals surface area (Å²) in [4.78, 5) is 26.0. The summed E-state index contributed by atoms with van der Waals surface area (Å²) >= 11 is 0. The lowest BCUT2D eigenvalue weighted by Crippen LogP contribution is -2.63. The Bertz CT molecular complexity index is 309. The number of ether oxygens (including phenoxy) is 1. The van der Waals surface area contributed by atoms with Crippen molar-refractivity contribution in [1.82, 2.24) is 9.80 Å². The maximum atomic E-state index is 11.8. The van der Waals surface area contributed by atoms with E-state index >= 15 is 0 Å². The average Bonchev–Trinajstić information content (AvgIpc) is 2.26. The molecule has 6 nitrogen and oxygen atoms in total. The van der Waals surface area contributed by atoms with E-state index in [2.05, 4.69) is 0 Å². The fourth-order valence-electron chi connectivity index (χ4n) is 2.21. The Kier molecular flexibility index (Phi) is 5.10. The fourth-order valence-corrected chi connectivity index (χ4v) is 2.21. The smallest absolute Gasteiger partial charge is 0.329 e. The molecule has 0 spiro atoms. The van der Waals surface area contributed by atoms with Crippen molar-refractivity contribution in [2.45, 2.75) is 26.4 Å². The molecular weight excluding hydrogens is 236 g/mol. The van der Waals surface area contributed by atoms with Gasteiger partial charge in [0.15, 0.2) is 0 Å². The van der Waals surface area contributed by atoms with Gasteiger partial charge in [0, 0.05) is 26.2 Å². The fraction of sp³-hybridized carbons (Fsp3) is 0.833. The molecule has 18 heavy (non-hydrogen) atoms. The van der Waals surface area contributed by atoms with Crippen molar-refractivity contribution in [3.63, 3.8) is 0 Å².